The molecule has 0 heterocycles. The van der Waals surface area contributed by atoms with Crippen LogP contribution in [-0.4, -0.2) is 23.7 Å². The first-order valence-corrected chi connectivity index (χ1v) is 5.72. The summed E-state index contributed by atoms with van der Waals surface area (Å²) in [6.07, 6.45) is 4.10. The van der Waals surface area contributed by atoms with Crippen LogP contribution in [0.1, 0.15) is 40.0 Å². The van der Waals surface area contributed by atoms with Gasteiger partial charge in [0.1, 0.15) is 6.10 Å². The van der Waals surface area contributed by atoms with Gasteiger partial charge in [0.05, 0.1) is 6.10 Å². The maximum atomic E-state index is 10.9. The summed E-state index contributed by atoms with van der Waals surface area (Å²) in [6.45, 7) is 5.73. The van der Waals surface area contributed by atoms with Gasteiger partial charge in [0.2, 0.25) is 5.91 Å². The molecule has 0 spiro atoms. The number of nitrogens with two attached hydrogens (primary N) is 2. The van der Waals surface area contributed by atoms with Crippen molar-refractivity contribution in [3.63, 3.8) is 0 Å². The van der Waals surface area contributed by atoms with Gasteiger partial charge in [-0.3, -0.25) is 4.79 Å². The summed E-state index contributed by atoms with van der Waals surface area (Å²) in [5, 5.41) is 0. The smallest absolute Gasteiger partial charge is 0.246 e. The fourth-order valence-corrected chi connectivity index (χ4v) is 1.80. The zero-order valence-electron chi connectivity index (χ0n) is 10.3. The first-order chi connectivity index (χ1) is 7.32. The zero-order chi connectivity index (χ0) is 12.3. The Bertz CT molecular complexity index is 297. The van der Waals surface area contributed by atoms with Gasteiger partial charge in [-0.25, -0.2) is 0 Å². The monoisotopic (exact) mass is 226 g/mol. The molecule has 4 N–H and O–H groups in total. The van der Waals surface area contributed by atoms with Crippen molar-refractivity contribution >= 4 is 5.91 Å². The zero-order valence-corrected chi connectivity index (χ0v) is 10.3. The van der Waals surface area contributed by atoms with E-state index in [1.807, 2.05) is 13.8 Å². The quantitative estimate of drug-likeness (QED) is 0.707. The van der Waals surface area contributed by atoms with E-state index in [0.717, 1.165) is 24.8 Å². The van der Waals surface area contributed by atoms with E-state index in [1.165, 1.54) is 0 Å². The second-order valence-electron chi connectivity index (χ2n) is 5.01. The van der Waals surface area contributed by atoms with E-state index in [1.54, 1.807) is 6.92 Å². The van der Waals surface area contributed by atoms with Crippen molar-refractivity contribution < 1.29 is 9.53 Å². The number of carbonyl (C=O) groups excluding carboxylic acids is 1. The minimum atomic E-state index is -0.546. The third-order valence-corrected chi connectivity index (χ3v) is 3.14. The Labute approximate surface area is 97.0 Å². The Balaban J connectivity index is 2.64. The highest BCUT2D eigenvalue weighted by molar-refractivity contribution is 5.78. The van der Waals surface area contributed by atoms with Crippen LogP contribution in [0.15, 0.2) is 11.6 Å². The predicted molar refractivity (Wildman–Crippen MR) is 63.7 cm³/mol. The molecule has 1 aliphatic carbocycles. The average Bonchev–Trinajstić information content (AvgIpc) is 2.30. The molecule has 0 aromatic rings. The number of primary amides is 1. The third kappa shape index (κ3) is 3.61. The lowest BCUT2D eigenvalue weighted by atomic mass is 9.94. The van der Waals surface area contributed by atoms with E-state index in [2.05, 4.69) is 6.08 Å². The van der Waals surface area contributed by atoms with Crippen LogP contribution in [0.4, 0.5) is 0 Å². The van der Waals surface area contributed by atoms with Crippen molar-refractivity contribution in [1.29, 1.82) is 0 Å². The summed E-state index contributed by atoms with van der Waals surface area (Å²) in [4.78, 5) is 10.9. The van der Waals surface area contributed by atoms with E-state index in [0.29, 0.717) is 0 Å². The van der Waals surface area contributed by atoms with Crippen molar-refractivity contribution in [3.05, 3.63) is 11.6 Å². The molecule has 3 unspecified atom stereocenters. The lowest BCUT2D eigenvalue weighted by Gasteiger charge is -2.23. The molecule has 4 heteroatoms. The van der Waals surface area contributed by atoms with E-state index in [9.17, 15) is 4.79 Å². The molecule has 0 aliphatic heterocycles. The number of ether oxygens (including phenoxy) is 1. The lowest BCUT2D eigenvalue weighted by molar-refractivity contribution is -0.130. The second-order valence-corrected chi connectivity index (χ2v) is 5.01. The van der Waals surface area contributed by atoms with Gasteiger partial charge in [0.15, 0.2) is 0 Å². The molecule has 92 valence electrons. The molecule has 0 aromatic heterocycles. The maximum Gasteiger partial charge on any atom is 0.246 e. The molecule has 1 aliphatic rings. The molecule has 4 nitrogen and oxygen atoms in total. The summed E-state index contributed by atoms with van der Waals surface area (Å²) < 4.78 is 5.64. The molecule has 3 atom stereocenters. The van der Waals surface area contributed by atoms with Gasteiger partial charge in [0.25, 0.3) is 0 Å². The molecule has 16 heavy (non-hydrogen) atoms. The summed E-state index contributed by atoms with van der Waals surface area (Å²) in [5.74, 6) is -0.424. The summed E-state index contributed by atoms with van der Waals surface area (Å²) in [5.41, 5.74) is 12.3. The third-order valence-electron chi connectivity index (χ3n) is 3.14. The Hall–Kier alpha value is -0.870. The van der Waals surface area contributed by atoms with Crippen molar-refractivity contribution in [2.75, 3.05) is 0 Å². The number of hydrogen-bond acceptors (Lipinski definition) is 3. The highest BCUT2D eigenvalue weighted by Gasteiger charge is 2.26. The Morgan fingerprint density at radius 2 is 2.31 bits per heavy atom. The van der Waals surface area contributed by atoms with Gasteiger partial charge < -0.3 is 16.2 Å². The van der Waals surface area contributed by atoms with Crippen LogP contribution in [-0.2, 0) is 9.53 Å². The van der Waals surface area contributed by atoms with Crippen LogP contribution in [0.3, 0.4) is 0 Å². The molecule has 1 rings (SSSR count). The van der Waals surface area contributed by atoms with Crippen molar-refractivity contribution in [2.45, 2.75) is 57.8 Å². The number of carbonyl (C=O) groups is 1. The summed E-state index contributed by atoms with van der Waals surface area (Å²) in [6, 6.07) is 0. The van der Waals surface area contributed by atoms with E-state index >= 15 is 0 Å². The molecular weight excluding hydrogens is 204 g/mol. The van der Waals surface area contributed by atoms with E-state index in [-0.39, 0.29) is 11.6 Å². The van der Waals surface area contributed by atoms with Gasteiger partial charge in [-0.15, -0.1) is 0 Å². The van der Waals surface area contributed by atoms with Gasteiger partial charge in [0, 0.05) is 5.54 Å². The number of hydrogen-bond donors (Lipinski definition) is 2. The summed E-state index contributed by atoms with van der Waals surface area (Å²) >= 11 is 0. The van der Waals surface area contributed by atoms with Crippen LogP contribution < -0.4 is 11.5 Å². The first kappa shape index (κ1) is 13.2. The molecule has 1 amide bonds. The molecule has 0 saturated carbocycles. The van der Waals surface area contributed by atoms with E-state index < -0.39 is 12.0 Å². The van der Waals surface area contributed by atoms with Crippen molar-refractivity contribution in [2.24, 2.45) is 11.5 Å². The lowest BCUT2D eigenvalue weighted by Crippen LogP contribution is -2.36. The fraction of sp³-hybridized carbons (Fsp3) is 0.750. The first-order valence-electron chi connectivity index (χ1n) is 5.72. The second kappa shape index (κ2) is 4.97. The molecule has 0 radical (unpaired) electrons. The topological polar surface area (TPSA) is 78.3 Å². The largest absolute Gasteiger partial charge is 0.367 e. The minimum Gasteiger partial charge on any atom is -0.367 e. The standard InChI is InChI=1S/C12H22N2O2/c1-8-4-6-12(3,14)7-5-10(8)16-9(2)11(13)15/h4,9-10H,5-7,14H2,1-3H3,(H2,13,15). The maximum absolute atomic E-state index is 10.9. The summed E-state index contributed by atoms with van der Waals surface area (Å²) in [7, 11) is 0. The van der Waals surface area contributed by atoms with Crippen LogP contribution in [0.2, 0.25) is 0 Å². The predicted octanol–water partition coefficient (Wildman–Crippen LogP) is 1.09. The normalized spacial score (nSPS) is 32.8. The molecular formula is C12H22N2O2. The molecule has 0 aromatic carbocycles. The fourth-order valence-electron chi connectivity index (χ4n) is 1.80. The van der Waals surface area contributed by atoms with Crippen LogP contribution in [0, 0.1) is 0 Å². The van der Waals surface area contributed by atoms with E-state index in [4.69, 9.17) is 16.2 Å². The average molecular weight is 226 g/mol. The van der Waals surface area contributed by atoms with Crippen LogP contribution in [0.5, 0.6) is 0 Å². The van der Waals surface area contributed by atoms with Gasteiger partial charge in [-0.2, -0.15) is 0 Å². The van der Waals surface area contributed by atoms with Crippen LogP contribution >= 0.6 is 0 Å². The SMILES string of the molecule is CC1=CCC(C)(N)CCC1OC(C)C(N)=O. The minimum absolute atomic E-state index is 0.0344. The van der Waals surface area contributed by atoms with Gasteiger partial charge in [-0.1, -0.05) is 6.08 Å². The molecule has 0 saturated heterocycles. The van der Waals surface area contributed by atoms with Gasteiger partial charge >= 0.3 is 0 Å². The van der Waals surface area contributed by atoms with Crippen molar-refractivity contribution in [1.82, 2.24) is 0 Å². The number of rotatable bonds is 3. The Morgan fingerprint density at radius 1 is 1.69 bits per heavy atom. The van der Waals surface area contributed by atoms with Crippen LogP contribution in [0.25, 0.3) is 0 Å². The molecule has 0 bridgehead atoms. The highest BCUT2D eigenvalue weighted by atomic mass is 16.5. The number of amides is 1. The Kier molecular flexibility index (Phi) is 4.10. The Morgan fingerprint density at radius 3 is 2.88 bits per heavy atom. The highest BCUT2D eigenvalue weighted by Crippen LogP contribution is 2.26. The van der Waals surface area contributed by atoms with Gasteiger partial charge in [-0.05, 0) is 45.6 Å². The molecule has 0 fully saturated rings. The van der Waals surface area contributed by atoms with Crippen molar-refractivity contribution in [3.8, 4) is 0 Å².